The minimum absolute atomic E-state index is 0.0340. The van der Waals surface area contributed by atoms with Crippen molar-refractivity contribution in [3.05, 3.63) is 88.4 Å². The molecule has 0 heterocycles. The third kappa shape index (κ3) is 4.86. The first-order valence-corrected chi connectivity index (χ1v) is 10.7. The van der Waals surface area contributed by atoms with Gasteiger partial charge >= 0.3 is 10.1 Å². The number of hydrogen-bond donors (Lipinski definition) is 0. The van der Waals surface area contributed by atoms with E-state index in [1.54, 1.807) is 36.4 Å². The molecule has 3 aromatic rings. The van der Waals surface area contributed by atoms with Crippen molar-refractivity contribution in [3.8, 4) is 17.6 Å². The molecule has 0 bridgehead atoms. The molecule has 0 unspecified atom stereocenters. The molecule has 0 saturated carbocycles. The molecule has 0 saturated heterocycles. The Morgan fingerprint density at radius 1 is 1.03 bits per heavy atom. The fraction of sp³-hybridized carbons (Fsp3) is 0.0455. The summed E-state index contributed by atoms with van der Waals surface area (Å²) in [5.41, 5.74) is 1.89. The summed E-state index contributed by atoms with van der Waals surface area (Å²) in [5, 5.41) is 9.50. The number of halogens is 1. The second kappa shape index (κ2) is 8.95. The Morgan fingerprint density at radius 3 is 2.24 bits per heavy atom. The highest BCUT2D eigenvalue weighted by Gasteiger charge is 2.21. The summed E-state index contributed by atoms with van der Waals surface area (Å²) in [6.45, 7) is 0. The molecule has 0 N–H and O–H groups in total. The molecule has 7 heteroatoms. The van der Waals surface area contributed by atoms with Gasteiger partial charge in [0.15, 0.2) is 11.5 Å². The summed E-state index contributed by atoms with van der Waals surface area (Å²) in [5.74, 6) is 0.252. The Morgan fingerprint density at radius 2 is 1.66 bits per heavy atom. The van der Waals surface area contributed by atoms with Crippen LogP contribution in [0.1, 0.15) is 11.1 Å². The van der Waals surface area contributed by atoms with E-state index in [2.05, 4.69) is 22.0 Å². The summed E-state index contributed by atoms with van der Waals surface area (Å²) in [4.78, 5) is 0.0359. The Balaban J connectivity index is 2.01. The van der Waals surface area contributed by atoms with E-state index in [1.807, 2.05) is 30.3 Å². The second-order valence-corrected chi connectivity index (χ2v) is 8.32. The molecular formula is C22H16BrNO4S. The molecule has 0 atom stereocenters. The minimum Gasteiger partial charge on any atom is -0.493 e. The Bertz CT molecular complexity index is 1180. The average Bonchev–Trinajstić information content (AvgIpc) is 2.74. The van der Waals surface area contributed by atoms with Gasteiger partial charge in [0.2, 0.25) is 0 Å². The molecule has 0 aliphatic heterocycles. The molecule has 0 aliphatic carbocycles. The van der Waals surface area contributed by atoms with Crippen molar-refractivity contribution in [1.82, 2.24) is 0 Å². The quantitative estimate of drug-likeness (QED) is 0.278. The smallest absolute Gasteiger partial charge is 0.339 e. The van der Waals surface area contributed by atoms with Crippen LogP contribution in [0.5, 0.6) is 11.5 Å². The number of nitrogens with zero attached hydrogens (tertiary/aromatic N) is 1. The van der Waals surface area contributed by atoms with Gasteiger partial charge in [0, 0.05) is 0 Å². The molecular weight excluding hydrogens is 454 g/mol. The van der Waals surface area contributed by atoms with E-state index < -0.39 is 10.1 Å². The predicted molar refractivity (Wildman–Crippen MR) is 115 cm³/mol. The molecule has 5 nitrogen and oxygen atoms in total. The lowest BCUT2D eigenvalue weighted by molar-refractivity contribution is 0.389. The molecule has 29 heavy (non-hydrogen) atoms. The molecule has 0 radical (unpaired) electrons. The maximum Gasteiger partial charge on any atom is 0.339 e. The summed E-state index contributed by atoms with van der Waals surface area (Å²) in [6, 6.07) is 22.5. The Hall–Kier alpha value is -3.08. The zero-order valence-corrected chi connectivity index (χ0v) is 17.8. The van der Waals surface area contributed by atoms with E-state index in [4.69, 9.17) is 8.92 Å². The van der Waals surface area contributed by atoms with Crippen LogP contribution >= 0.6 is 15.9 Å². The minimum atomic E-state index is -4.03. The SMILES string of the molecule is COc1cc(/C=C(\C#N)c2ccccc2)cc(Br)c1OS(=O)(=O)c1ccccc1. The summed E-state index contributed by atoms with van der Waals surface area (Å²) in [7, 11) is -2.61. The van der Waals surface area contributed by atoms with E-state index >= 15 is 0 Å². The number of ether oxygens (including phenoxy) is 1. The summed E-state index contributed by atoms with van der Waals surface area (Å²) in [6.07, 6.45) is 1.69. The van der Waals surface area contributed by atoms with Crippen molar-refractivity contribution in [2.45, 2.75) is 4.90 Å². The fourth-order valence-corrected chi connectivity index (χ4v) is 4.24. The normalized spacial score (nSPS) is 11.6. The van der Waals surface area contributed by atoms with Crippen molar-refractivity contribution in [1.29, 1.82) is 5.26 Å². The van der Waals surface area contributed by atoms with Gasteiger partial charge in [-0.25, -0.2) is 0 Å². The highest BCUT2D eigenvalue weighted by atomic mass is 79.9. The molecule has 3 rings (SSSR count). The molecule has 146 valence electrons. The van der Waals surface area contributed by atoms with Crippen molar-refractivity contribution in [3.63, 3.8) is 0 Å². The molecule has 0 aromatic heterocycles. The van der Waals surface area contributed by atoms with Crippen LogP contribution in [0.25, 0.3) is 11.6 Å². The molecule has 0 fully saturated rings. The number of allylic oxidation sites excluding steroid dienone is 1. The first-order valence-electron chi connectivity index (χ1n) is 8.49. The van der Waals surface area contributed by atoms with E-state index in [9.17, 15) is 13.7 Å². The topological polar surface area (TPSA) is 76.4 Å². The molecule has 0 aliphatic rings. The van der Waals surface area contributed by atoms with Crippen molar-refractivity contribution < 1.29 is 17.3 Å². The lowest BCUT2D eigenvalue weighted by atomic mass is 10.0. The number of hydrogen-bond acceptors (Lipinski definition) is 5. The number of nitriles is 1. The van der Waals surface area contributed by atoms with Crippen LogP contribution in [-0.4, -0.2) is 15.5 Å². The van der Waals surface area contributed by atoms with Crippen LogP contribution in [0.3, 0.4) is 0 Å². The molecule has 0 amide bonds. The van der Waals surface area contributed by atoms with Gasteiger partial charge in [-0.15, -0.1) is 0 Å². The Kier molecular flexibility index (Phi) is 6.37. The third-order valence-corrected chi connectivity index (χ3v) is 5.82. The van der Waals surface area contributed by atoms with Gasteiger partial charge in [0.05, 0.1) is 23.2 Å². The van der Waals surface area contributed by atoms with Crippen molar-refractivity contribution in [2.75, 3.05) is 7.11 Å². The van der Waals surface area contributed by atoms with Crippen LogP contribution in [0.4, 0.5) is 0 Å². The van der Waals surface area contributed by atoms with Crippen molar-refractivity contribution >= 4 is 37.7 Å². The lowest BCUT2D eigenvalue weighted by Gasteiger charge is -2.13. The maximum atomic E-state index is 12.6. The van der Waals surface area contributed by atoms with Gasteiger partial charge in [-0.1, -0.05) is 48.5 Å². The van der Waals surface area contributed by atoms with E-state index in [1.165, 1.54) is 19.2 Å². The zero-order chi connectivity index (χ0) is 20.9. The van der Waals surface area contributed by atoms with E-state index in [-0.39, 0.29) is 16.4 Å². The van der Waals surface area contributed by atoms with Crippen LogP contribution in [0, 0.1) is 11.3 Å². The van der Waals surface area contributed by atoms with Gasteiger partial charge in [-0.3, -0.25) is 0 Å². The van der Waals surface area contributed by atoms with Crippen molar-refractivity contribution in [2.24, 2.45) is 0 Å². The predicted octanol–water partition coefficient (Wildman–Crippen LogP) is 5.29. The van der Waals surface area contributed by atoms with Gasteiger partial charge < -0.3 is 8.92 Å². The largest absolute Gasteiger partial charge is 0.493 e. The summed E-state index contributed by atoms with van der Waals surface area (Å²) >= 11 is 3.35. The molecule has 0 spiro atoms. The van der Waals surface area contributed by atoms with Gasteiger partial charge in [-0.2, -0.15) is 13.7 Å². The molecule has 3 aromatic carbocycles. The second-order valence-electron chi connectivity index (χ2n) is 5.92. The van der Waals surface area contributed by atoms with Gasteiger partial charge in [0.25, 0.3) is 0 Å². The highest BCUT2D eigenvalue weighted by molar-refractivity contribution is 9.10. The van der Waals surface area contributed by atoms with Gasteiger partial charge in [-0.05, 0) is 57.4 Å². The monoisotopic (exact) mass is 469 g/mol. The summed E-state index contributed by atoms with van der Waals surface area (Å²) < 4.78 is 36.2. The number of benzene rings is 3. The van der Waals surface area contributed by atoms with Crippen LogP contribution in [0.15, 0.2) is 82.2 Å². The first-order chi connectivity index (χ1) is 13.9. The number of methoxy groups -OCH3 is 1. The maximum absolute atomic E-state index is 12.6. The third-order valence-electron chi connectivity index (χ3n) is 3.99. The van der Waals surface area contributed by atoms with E-state index in [0.717, 1.165) is 5.56 Å². The average molecular weight is 470 g/mol. The fourth-order valence-electron chi connectivity index (χ4n) is 2.61. The number of rotatable bonds is 6. The van der Waals surface area contributed by atoms with Gasteiger partial charge in [0.1, 0.15) is 4.90 Å². The van der Waals surface area contributed by atoms with E-state index in [0.29, 0.717) is 15.6 Å². The van der Waals surface area contributed by atoms with Crippen LogP contribution in [-0.2, 0) is 10.1 Å². The Labute approximate surface area is 178 Å². The highest BCUT2D eigenvalue weighted by Crippen LogP contribution is 2.39. The first kappa shape index (κ1) is 20.6. The van der Waals surface area contributed by atoms with Crippen LogP contribution in [0.2, 0.25) is 0 Å². The lowest BCUT2D eigenvalue weighted by Crippen LogP contribution is -2.10. The zero-order valence-electron chi connectivity index (χ0n) is 15.4. The van der Waals surface area contributed by atoms with Crippen LogP contribution < -0.4 is 8.92 Å². The standard InChI is InChI=1S/C22H16BrNO4S/c1-27-21-14-16(12-18(15-24)17-8-4-2-5-9-17)13-20(23)22(21)28-29(25,26)19-10-6-3-7-11-19/h2-14H,1H3/b18-12+.